The number of ether oxygens (including phenoxy) is 2. The van der Waals surface area contributed by atoms with E-state index in [-0.39, 0.29) is 24.6 Å². The van der Waals surface area contributed by atoms with Gasteiger partial charge in [0.1, 0.15) is 13.2 Å². The lowest BCUT2D eigenvalue weighted by Crippen LogP contribution is -2.48. The number of rotatable bonds is 8. The zero-order valence-electron chi connectivity index (χ0n) is 28.1. The summed E-state index contributed by atoms with van der Waals surface area (Å²) in [6, 6.07) is 29.5. The summed E-state index contributed by atoms with van der Waals surface area (Å²) >= 11 is 0. The average molecular weight is 683 g/mol. The SMILES string of the molecule is [C-]#[N+]/C(C#N)=C1/c2ccccc2-c2c(C(=O)OCCN3CCN(CCOC(=O)c4cccc5c4-c4ccccc4/C5=C(/C#N)[N+]#[C-])CC3)cccc21. The fourth-order valence-electron chi connectivity index (χ4n) is 7.28. The first kappa shape index (κ1) is 33.7. The molecular weight excluding hydrogens is 652 g/mol. The Morgan fingerprint density at radius 1 is 0.577 bits per heavy atom. The molecular formula is C42H30N6O4. The lowest BCUT2D eigenvalue weighted by molar-refractivity contribution is 0.0352. The van der Waals surface area contributed by atoms with Gasteiger partial charge in [-0.3, -0.25) is 9.80 Å². The van der Waals surface area contributed by atoms with E-state index in [4.69, 9.17) is 22.6 Å². The van der Waals surface area contributed by atoms with E-state index in [1.54, 1.807) is 24.3 Å². The van der Waals surface area contributed by atoms with Crippen molar-refractivity contribution in [1.82, 2.24) is 9.80 Å². The molecule has 0 amide bonds. The van der Waals surface area contributed by atoms with Crippen molar-refractivity contribution in [3.63, 3.8) is 0 Å². The molecule has 4 aromatic rings. The van der Waals surface area contributed by atoms with Gasteiger partial charge in [-0.15, -0.1) is 0 Å². The van der Waals surface area contributed by atoms with E-state index in [1.807, 2.05) is 72.8 Å². The van der Waals surface area contributed by atoms with Crippen molar-refractivity contribution in [3.8, 4) is 34.4 Å². The lowest BCUT2D eigenvalue weighted by atomic mass is 9.99. The molecule has 1 saturated heterocycles. The van der Waals surface area contributed by atoms with Crippen LogP contribution in [0.5, 0.6) is 0 Å². The maximum Gasteiger partial charge on any atom is 0.338 e. The number of esters is 2. The molecule has 252 valence electrons. The van der Waals surface area contributed by atoms with Gasteiger partial charge in [0.2, 0.25) is 0 Å². The zero-order chi connectivity index (χ0) is 36.2. The van der Waals surface area contributed by atoms with Crippen molar-refractivity contribution in [2.75, 3.05) is 52.5 Å². The summed E-state index contributed by atoms with van der Waals surface area (Å²) in [6.45, 7) is 19.6. The maximum absolute atomic E-state index is 13.3. The van der Waals surface area contributed by atoms with Gasteiger partial charge in [-0.1, -0.05) is 72.8 Å². The maximum atomic E-state index is 13.3. The smallest absolute Gasteiger partial charge is 0.338 e. The van der Waals surface area contributed by atoms with Gasteiger partial charge in [0.15, 0.2) is 0 Å². The van der Waals surface area contributed by atoms with E-state index in [0.29, 0.717) is 57.6 Å². The second-order valence-corrected chi connectivity index (χ2v) is 12.4. The van der Waals surface area contributed by atoms with Crippen molar-refractivity contribution in [3.05, 3.63) is 153 Å². The third-order valence-electron chi connectivity index (χ3n) is 9.69. The molecule has 3 aliphatic rings. The number of benzene rings is 4. The summed E-state index contributed by atoms with van der Waals surface area (Å²) in [5.41, 5.74) is 7.69. The largest absolute Gasteiger partial charge is 0.461 e. The Kier molecular flexibility index (Phi) is 9.44. The van der Waals surface area contributed by atoms with Crippen LogP contribution in [-0.2, 0) is 9.47 Å². The Hall–Kier alpha value is -6.82. The molecule has 1 heterocycles. The second-order valence-electron chi connectivity index (χ2n) is 12.4. The molecule has 10 nitrogen and oxygen atoms in total. The van der Waals surface area contributed by atoms with E-state index in [9.17, 15) is 20.1 Å². The Balaban J connectivity index is 0.919. The summed E-state index contributed by atoms with van der Waals surface area (Å²) in [5, 5.41) is 19.2. The highest BCUT2D eigenvalue weighted by molar-refractivity contribution is 6.11. The first-order valence-corrected chi connectivity index (χ1v) is 16.8. The highest BCUT2D eigenvalue weighted by Crippen LogP contribution is 2.48. The van der Waals surface area contributed by atoms with E-state index < -0.39 is 11.9 Å². The third kappa shape index (κ3) is 6.00. The number of piperazine rings is 1. The Morgan fingerprint density at radius 2 is 0.942 bits per heavy atom. The van der Waals surface area contributed by atoms with Crippen molar-refractivity contribution in [2.45, 2.75) is 0 Å². The van der Waals surface area contributed by atoms with Crippen LogP contribution in [0.1, 0.15) is 43.0 Å². The first-order chi connectivity index (χ1) is 25.5. The molecule has 4 aromatic carbocycles. The topological polar surface area (TPSA) is 115 Å². The number of carbonyl (C=O) groups is 2. The molecule has 52 heavy (non-hydrogen) atoms. The zero-order valence-corrected chi connectivity index (χ0v) is 28.1. The molecule has 0 bridgehead atoms. The quantitative estimate of drug-likeness (QED) is 0.0992. The molecule has 10 heteroatoms. The summed E-state index contributed by atoms with van der Waals surface area (Å²) < 4.78 is 11.5. The molecule has 1 aliphatic heterocycles. The van der Waals surface area contributed by atoms with Crippen LogP contribution in [0.25, 0.3) is 43.1 Å². The lowest BCUT2D eigenvalue weighted by Gasteiger charge is -2.34. The van der Waals surface area contributed by atoms with Gasteiger partial charge in [-0.2, -0.15) is 0 Å². The monoisotopic (exact) mass is 682 g/mol. The number of nitrogens with zero attached hydrogens (tertiary/aromatic N) is 6. The molecule has 0 N–H and O–H groups in total. The van der Waals surface area contributed by atoms with Gasteiger partial charge >= 0.3 is 11.9 Å². The molecule has 0 unspecified atom stereocenters. The minimum atomic E-state index is -0.452. The van der Waals surface area contributed by atoms with E-state index in [2.05, 4.69) is 19.5 Å². The van der Waals surface area contributed by atoms with Gasteiger partial charge in [0.25, 0.3) is 11.4 Å². The molecule has 0 aromatic heterocycles. The fourth-order valence-corrected chi connectivity index (χ4v) is 7.28. The molecule has 7 rings (SSSR count). The summed E-state index contributed by atoms with van der Waals surface area (Å²) in [5.74, 6) is -0.905. The molecule has 0 atom stereocenters. The minimum absolute atomic E-state index is 0.0136. The van der Waals surface area contributed by atoms with Crippen LogP contribution >= 0.6 is 0 Å². The Morgan fingerprint density at radius 3 is 1.31 bits per heavy atom. The number of carbonyl (C=O) groups excluding carboxylic acids is 2. The van der Waals surface area contributed by atoms with Gasteiger partial charge in [0.05, 0.1) is 36.4 Å². The third-order valence-corrected chi connectivity index (χ3v) is 9.69. The predicted octanol–water partition coefficient (Wildman–Crippen LogP) is 6.68. The number of hydrogen-bond donors (Lipinski definition) is 0. The number of allylic oxidation sites excluding steroid dienone is 2. The van der Waals surface area contributed by atoms with Crippen LogP contribution < -0.4 is 0 Å². The average Bonchev–Trinajstić information content (AvgIpc) is 3.70. The van der Waals surface area contributed by atoms with Crippen molar-refractivity contribution >= 4 is 23.1 Å². The molecule has 1 fully saturated rings. The molecule has 2 aliphatic carbocycles. The van der Waals surface area contributed by atoms with E-state index in [1.165, 1.54) is 0 Å². The van der Waals surface area contributed by atoms with Crippen molar-refractivity contribution in [1.29, 1.82) is 10.5 Å². The second kappa shape index (κ2) is 14.6. The van der Waals surface area contributed by atoms with Crippen LogP contribution in [0.2, 0.25) is 0 Å². The summed E-state index contributed by atoms with van der Waals surface area (Å²) in [7, 11) is 0. The highest BCUT2D eigenvalue weighted by atomic mass is 16.5. The Labute approximate surface area is 301 Å². The summed E-state index contributed by atoms with van der Waals surface area (Å²) in [4.78, 5) is 38.0. The number of nitriles is 2. The van der Waals surface area contributed by atoms with Gasteiger partial charge < -0.3 is 9.47 Å². The number of hydrogen-bond acceptors (Lipinski definition) is 8. The molecule has 0 radical (unpaired) electrons. The first-order valence-electron chi connectivity index (χ1n) is 16.8. The highest BCUT2D eigenvalue weighted by Gasteiger charge is 2.32. The summed E-state index contributed by atoms with van der Waals surface area (Å²) in [6.07, 6.45) is 0. The van der Waals surface area contributed by atoms with Gasteiger partial charge in [0, 0.05) is 61.5 Å². The van der Waals surface area contributed by atoms with Crippen LogP contribution in [-0.4, -0.2) is 74.2 Å². The molecule has 0 spiro atoms. The minimum Gasteiger partial charge on any atom is -0.461 e. The fraction of sp³-hybridized carbons (Fsp3) is 0.190. The van der Waals surface area contributed by atoms with Crippen LogP contribution in [0, 0.1) is 35.8 Å². The van der Waals surface area contributed by atoms with Crippen LogP contribution in [0.15, 0.2) is 96.3 Å². The standard InChI is InChI=1S/C42H30N6O4/c1-45-35(25-43)39-29-11-5-3-9-27(29)37-31(39)13-7-15-33(37)41(49)51-23-21-47-17-19-48(20-18-47)22-24-52-42(50)34-16-8-14-32-38(34)28-10-4-6-12-30(28)40(32)36(26-44)46-2/h3-16H,17-24H2/b39-35-,40-36+. The van der Waals surface area contributed by atoms with Gasteiger partial charge in [-0.25, -0.2) is 29.8 Å². The van der Waals surface area contributed by atoms with Crippen molar-refractivity contribution in [2.24, 2.45) is 0 Å². The van der Waals surface area contributed by atoms with Gasteiger partial charge in [-0.05, 0) is 45.5 Å². The normalized spacial score (nSPS) is 16.1. The predicted molar refractivity (Wildman–Crippen MR) is 194 cm³/mol. The van der Waals surface area contributed by atoms with Crippen LogP contribution in [0.4, 0.5) is 0 Å². The van der Waals surface area contributed by atoms with Crippen molar-refractivity contribution < 1.29 is 19.1 Å². The Bertz CT molecular complexity index is 2180. The van der Waals surface area contributed by atoms with Crippen LogP contribution in [0.3, 0.4) is 0 Å². The molecule has 0 saturated carbocycles. The van der Waals surface area contributed by atoms with E-state index >= 15 is 0 Å². The number of fused-ring (bicyclic) bond motifs is 6. The van der Waals surface area contributed by atoms with E-state index in [0.717, 1.165) is 48.4 Å².